The van der Waals surface area contributed by atoms with E-state index in [1.807, 2.05) is 19.9 Å². The second-order valence-electron chi connectivity index (χ2n) is 4.71. The van der Waals surface area contributed by atoms with E-state index in [0.717, 1.165) is 11.4 Å². The van der Waals surface area contributed by atoms with Crippen LogP contribution >= 0.6 is 0 Å². The van der Waals surface area contributed by atoms with Crippen molar-refractivity contribution in [3.63, 3.8) is 0 Å². The highest BCUT2D eigenvalue weighted by atomic mass is 16.3. The zero-order chi connectivity index (χ0) is 14.5. The lowest BCUT2D eigenvalue weighted by molar-refractivity contribution is 0.0934. The van der Waals surface area contributed by atoms with Crippen molar-refractivity contribution < 1.29 is 9.90 Å². The Kier molecular flexibility index (Phi) is 4.47. The Bertz CT molecular complexity index is 594. The minimum Gasteiger partial charge on any atom is -0.396 e. The van der Waals surface area contributed by atoms with Gasteiger partial charge in [0, 0.05) is 23.8 Å². The Balaban J connectivity index is 2.15. The molecule has 1 heterocycles. The molecule has 2 aromatic rings. The van der Waals surface area contributed by atoms with Gasteiger partial charge in [-0.3, -0.25) is 9.89 Å². The van der Waals surface area contributed by atoms with E-state index < -0.39 is 0 Å². The summed E-state index contributed by atoms with van der Waals surface area (Å²) in [7, 11) is 0. The summed E-state index contributed by atoms with van der Waals surface area (Å²) in [5, 5.41) is 18.5. The average Bonchev–Trinajstić information content (AvgIpc) is 2.86. The number of nitrogens with zero attached hydrogens (tertiary/aromatic N) is 2. The van der Waals surface area contributed by atoms with Crippen LogP contribution in [0.15, 0.2) is 24.3 Å². The number of rotatable bonds is 5. The molecule has 2 rings (SSSR count). The quantitative estimate of drug-likeness (QED) is 0.766. The molecule has 0 aliphatic carbocycles. The fourth-order valence-electron chi connectivity index (χ4n) is 1.84. The number of hydrogen-bond donors (Lipinski definition) is 3. The van der Waals surface area contributed by atoms with Crippen molar-refractivity contribution in [2.75, 3.05) is 6.61 Å². The number of amides is 1. The smallest absolute Gasteiger partial charge is 0.251 e. The first-order valence-corrected chi connectivity index (χ1v) is 6.51. The van der Waals surface area contributed by atoms with Crippen LogP contribution in [0.4, 0.5) is 0 Å². The van der Waals surface area contributed by atoms with Crippen molar-refractivity contribution in [1.82, 2.24) is 20.5 Å². The molecule has 1 atom stereocenters. The van der Waals surface area contributed by atoms with Crippen LogP contribution in [-0.2, 0) is 0 Å². The maximum atomic E-state index is 12.1. The number of hydrogen-bond acceptors (Lipinski definition) is 4. The maximum Gasteiger partial charge on any atom is 0.251 e. The topological polar surface area (TPSA) is 90.9 Å². The van der Waals surface area contributed by atoms with Crippen LogP contribution in [0, 0.1) is 6.92 Å². The molecule has 1 amide bonds. The summed E-state index contributed by atoms with van der Waals surface area (Å²) in [5.74, 6) is 1.13. The van der Waals surface area contributed by atoms with Gasteiger partial charge in [0.15, 0.2) is 5.82 Å². The normalized spacial score (nSPS) is 12.2. The summed E-state index contributed by atoms with van der Waals surface area (Å²) in [6, 6.07) is 7.08. The molecule has 0 aliphatic rings. The standard InChI is InChI=1S/C14H18N4O2/c1-9(6-7-19)15-14(20)12-5-3-4-11(8-12)13-16-10(2)17-18-13/h3-5,8-9,19H,6-7H2,1-2H3,(H,15,20)(H,16,17,18). The molecule has 6 nitrogen and oxygen atoms in total. The number of aromatic amines is 1. The summed E-state index contributed by atoms with van der Waals surface area (Å²) in [4.78, 5) is 16.3. The molecule has 0 aliphatic heterocycles. The van der Waals surface area contributed by atoms with Crippen molar-refractivity contribution in [2.24, 2.45) is 0 Å². The predicted molar refractivity (Wildman–Crippen MR) is 75.2 cm³/mol. The number of nitrogens with one attached hydrogen (secondary N) is 2. The number of aliphatic hydroxyl groups excluding tert-OH is 1. The number of H-pyrrole nitrogens is 1. The number of carbonyl (C=O) groups excluding carboxylic acids is 1. The maximum absolute atomic E-state index is 12.1. The van der Waals surface area contributed by atoms with Gasteiger partial charge in [0.2, 0.25) is 0 Å². The van der Waals surface area contributed by atoms with Gasteiger partial charge in [-0.15, -0.1) is 0 Å². The summed E-state index contributed by atoms with van der Waals surface area (Å²) in [6.07, 6.45) is 0.533. The van der Waals surface area contributed by atoms with E-state index in [1.54, 1.807) is 18.2 Å². The van der Waals surface area contributed by atoms with Gasteiger partial charge >= 0.3 is 0 Å². The van der Waals surface area contributed by atoms with Gasteiger partial charge in [-0.1, -0.05) is 12.1 Å². The number of aliphatic hydroxyl groups is 1. The molecular formula is C14H18N4O2. The molecule has 0 saturated heterocycles. The first-order valence-electron chi connectivity index (χ1n) is 6.51. The van der Waals surface area contributed by atoms with Gasteiger partial charge in [0.05, 0.1) is 0 Å². The Hall–Kier alpha value is -2.21. The lowest BCUT2D eigenvalue weighted by atomic mass is 10.1. The molecule has 1 aromatic heterocycles. The average molecular weight is 274 g/mol. The summed E-state index contributed by atoms with van der Waals surface area (Å²) in [6.45, 7) is 3.73. The Labute approximate surface area is 117 Å². The van der Waals surface area contributed by atoms with E-state index in [0.29, 0.717) is 17.8 Å². The first kappa shape index (κ1) is 14.2. The van der Waals surface area contributed by atoms with Crippen LogP contribution in [-0.4, -0.2) is 38.8 Å². The molecule has 0 spiro atoms. The molecule has 0 saturated carbocycles. The van der Waals surface area contributed by atoms with Gasteiger partial charge in [-0.25, -0.2) is 4.98 Å². The Morgan fingerprint density at radius 2 is 2.30 bits per heavy atom. The third-order valence-corrected chi connectivity index (χ3v) is 2.92. The van der Waals surface area contributed by atoms with E-state index >= 15 is 0 Å². The zero-order valence-electron chi connectivity index (χ0n) is 11.6. The van der Waals surface area contributed by atoms with E-state index in [1.165, 1.54) is 0 Å². The summed E-state index contributed by atoms with van der Waals surface area (Å²) >= 11 is 0. The van der Waals surface area contributed by atoms with E-state index in [-0.39, 0.29) is 18.6 Å². The van der Waals surface area contributed by atoms with Gasteiger partial charge in [-0.05, 0) is 32.4 Å². The van der Waals surface area contributed by atoms with Crippen molar-refractivity contribution in [2.45, 2.75) is 26.3 Å². The highest BCUT2D eigenvalue weighted by molar-refractivity contribution is 5.95. The van der Waals surface area contributed by atoms with Crippen LogP contribution in [0.1, 0.15) is 29.5 Å². The number of benzene rings is 1. The first-order chi connectivity index (χ1) is 9.60. The van der Waals surface area contributed by atoms with Gasteiger partial charge < -0.3 is 10.4 Å². The number of aromatic nitrogens is 3. The lowest BCUT2D eigenvalue weighted by Gasteiger charge is -2.12. The largest absolute Gasteiger partial charge is 0.396 e. The fourth-order valence-corrected chi connectivity index (χ4v) is 1.84. The number of carbonyl (C=O) groups is 1. The minimum atomic E-state index is -0.167. The van der Waals surface area contributed by atoms with Gasteiger partial charge in [0.1, 0.15) is 5.82 Å². The third-order valence-electron chi connectivity index (χ3n) is 2.92. The zero-order valence-corrected chi connectivity index (χ0v) is 11.6. The highest BCUT2D eigenvalue weighted by Gasteiger charge is 2.11. The third kappa shape index (κ3) is 3.42. The molecule has 1 aromatic carbocycles. The molecule has 6 heteroatoms. The number of aryl methyl sites for hydroxylation is 1. The van der Waals surface area contributed by atoms with Crippen LogP contribution in [0.2, 0.25) is 0 Å². The molecule has 0 radical (unpaired) electrons. The van der Waals surface area contributed by atoms with Crippen molar-refractivity contribution in [3.05, 3.63) is 35.7 Å². The van der Waals surface area contributed by atoms with Gasteiger partial charge in [-0.2, -0.15) is 5.10 Å². The van der Waals surface area contributed by atoms with E-state index in [2.05, 4.69) is 20.5 Å². The molecule has 0 bridgehead atoms. The van der Waals surface area contributed by atoms with Crippen molar-refractivity contribution in [1.29, 1.82) is 0 Å². The second-order valence-corrected chi connectivity index (χ2v) is 4.71. The lowest BCUT2D eigenvalue weighted by Crippen LogP contribution is -2.33. The molecule has 1 unspecified atom stereocenters. The van der Waals surface area contributed by atoms with Crippen LogP contribution in [0.5, 0.6) is 0 Å². The monoisotopic (exact) mass is 274 g/mol. The molecule has 3 N–H and O–H groups in total. The van der Waals surface area contributed by atoms with Crippen LogP contribution < -0.4 is 5.32 Å². The van der Waals surface area contributed by atoms with E-state index in [4.69, 9.17) is 5.11 Å². The minimum absolute atomic E-state index is 0.0535. The highest BCUT2D eigenvalue weighted by Crippen LogP contribution is 2.16. The molecule has 106 valence electrons. The van der Waals surface area contributed by atoms with Crippen LogP contribution in [0.3, 0.4) is 0 Å². The summed E-state index contributed by atoms with van der Waals surface area (Å²) in [5.41, 5.74) is 1.34. The predicted octanol–water partition coefficient (Wildman–Crippen LogP) is 1.28. The molecular weight excluding hydrogens is 256 g/mol. The van der Waals surface area contributed by atoms with Crippen LogP contribution in [0.25, 0.3) is 11.4 Å². The van der Waals surface area contributed by atoms with Crippen molar-refractivity contribution in [3.8, 4) is 11.4 Å². The molecule has 20 heavy (non-hydrogen) atoms. The van der Waals surface area contributed by atoms with Gasteiger partial charge in [0.25, 0.3) is 5.91 Å². The Morgan fingerprint density at radius 1 is 1.50 bits per heavy atom. The second kappa shape index (κ2) is 6.29. The SMILES string of the molecule is Cc1nc(-c2cccc(C(=O)NC(C)CCO)c2)n[nH]1. The Morgan fingerprint density at radius 3 is 2.95 bits per heavy atom. The van der Waals surface area contributed by atoms with E-state index in [9.17, 15) is 4.79 Å². The summed E-state index contributed by atoms with van der Waals surface area (Å²) < 4.78 is 0. The van der Waals surface area contributed by atoms with Crippen molar-refractivity contribution >= 4 is 5.91 Å². The molecule has 0 fully saturated rings. The fraction of sp³-hybridized carbons (Fsp3) is 0.357.